The molecule has 2 aliphatic carbocycles. The van der Waals surface area contributed by atoms with Crippen molar-refractivity contribution in [2.45, 2.75) is 65.9 Å². The fourth-order valence-corrected chi connectivity index (χ4v) is 4.11. The summed E-state index contributed by atoms with van der Waals surface area (Å²) in [5, 5.41) is 0. The van der Waals surface area contributed by atoms with Gasteiger partial charge in [0, 0.05) is 5.41 Å². The van der Waals surface area contributed by atoms with Crippen LogP contribution in [0.5, 0.6) is 0 Å². The SMILES string of the molecule is CC(CCCN)C(=O)OC1CC2CCC1(C)C2(C)C. The van der Waals surface area contributed by atoms with E-state index in [4.69, 9.17) is 10.5 Å². The minimum Gasteiger partial charge on any atom is -0.462 e. The second-order valence-electron chi connectivity index (χ2n) is 7.37. The van der Waals surface area contributed by atoms with Gasteiger partial charge in [0.1, 0.15) is 6.10 Å². The summed E-state index contributed by atoms with van der Waals surface area (Å²) in [4.78, 5) is 12.2. The maximum Gasteiger partial charge on any atom is 0.308 e. The molecule has 4 atom stereocenters. The normalized spacial score (nSPS) is 37.3. The van der Waals surface area contributed by atoms with Crippen molar-refractivity contribution in [1.29, 1.82) is 0 Å². The molecule has 2 saturated carbocycles. The molecule has 2 rings (SSSR count). The molecule has 4 unspecified atom stereocenters. The van der Waals surface area contributed by atoms with Crippen LogP contribution in [-0.2, 0) is 9.53 Å². The molecule has 2 bridgehead atoms. The molecular weight excluding hydrogens is 238 g/mol. The third-order valence-corrected chi connectivity index (χ3v) is 6.22. The number of fused-ring (bicyclic) bond motifs is 2. The molecule has 0 heterocycles. The van der Waals surface area contributed by atoms with Gasteiger partial charge in [-0.1, -0.05) is 27.7 Å². The lowest BCUT2D eigenvalue weighted by atomic mass is 9.70. The minimum absolute atomic E-state index is 0.0191. The number of esters is 1. The van der Waals surface area contributed by atoms with Crippen molar-refractivity contribution >= 4 is 5.97 Å². The van der Waals surface area contributed by atoms with E-state index in [1.165, 1.54) is 12.8 Å². The van der Waals surface area contributed by atoms with Crippen molar-refractivity contribution < 1.29 is 9.53 Å². The van der Waals surface area contributed by atoms with Gasteiger partial charge in [-0.25, -0.2) is 0 Å². The van der Waals surface area contributed by atoms with Gasteiger partial charge in [-0.3, -0.25) is 4.79 Å². The fraction of sp³-hybridized carbons (Fsp3) is 0.938. The van der Waals surface area contributed by atoms with Crippen LogP contribution >= 0.6 is 0 Å². The molecule has 0 aliphatic heterocycles. The van der Waals surface area contributed by atoms with Crippen LogP contribution in [0.15, 0.2) is 0 Å². The molecule has 2 N–H and O–H groups in total. The largest absolute Gasteiger partial charge is 0.462 e. The number of rotatable bonds is 5. The Hall–Kier alpha value is -0.570. The summed E-state index contributed by atoms with van der Waals surface area (Å²) in [6.07, 6.45) is 5.39. The third-order valence-electron chi connectivity index (χ3n) is 6.22. The van der Waals surface area contributed by atoms with Gasteiger partial charge < -0.3 is 10.5 Å². The minimum atomic E-state index is -0.0250. The molecule has 2 fully saturated rings. The van der Waals surface area contributed by atoms with Crippen LogP contribution in [0, 0.1) is 22.7 Å². The highest BCUT2D eigenvalue weighted by Crippen LogP contribution is 2.66. The lowest BCUT2D eigenvalue weighted by Crippen LogP contribution is -2.39. The number of nitrogens with two attached hydrogens (primary N) is 1. The smallest absolute Gasteiger partial charge is 0.308 e. The van der Waals surface area contributed by atoms with E-state index < -0.39 is 0 Å². The topological polar surface area (TPSA) is 52.3 Å². The average Bonchev–Trinajstić information content (AvgIpc) is 2.68. The Morgan fingerprint density at radius 2 is 2.11 bits per heavy atom. The summed E-state index contributed by atoms with van der Waals surface area (Å²) < 4.78 is 5.86. The molecule has 0 aromatic carbocycles. The maximum atomic E-state index is 12.2. The third kappa shape index (κ3) is 2.31. The quantitative estimate of drug-likeness (QED) is 0.779. The number of carbonyl (C=O) groups is 1. The van der Waals surface area contributed by atoms with Crippen molar-refractivity contribution in [2.75, 3.05) is 6.54 Å². The lowest BCUT2D eigenvalue weighted by molar-refractivity contribution is -0.161. The summed E-state index contributed by atoms with van der Waals surface area (Å²) in [5.41, 5.74) is 5.97. The van der Waals surface area contributed by atoms with Crippen molar-refractivity contribution in [3.05, 3.63) is 0 Å². The highest BCUT2D eigenvalue weighted by Gasteiger charge is 2.62. The second-order valence-corrected chi connectivity index (χ2v) is 7.37. The van der Waals surface area contributed by atoms with E-state index in [0.29, 0.717) is 12.0 Å². The predicted molar refractivity (Wildman–Crippen MR) is 76.6 cm³/mol. The standard InChI is InChI=1S/C16H29NO2/c1-11(6-5-9-17)14(18)19-13-10-12-7-8-16(13,4)15(12,2)3/h11-13H,5-10,17H2,1-4H3. The molecule has 0 aromatic rings. The Labute approximate surface area is 117 Å². The van der Waals surface area contributed by atoms with Gasteiger partial charge >= 0.3 is 5.97 Å². The first-order chi connectivity index (χ1) is 8.83. The van der Waals surface area contributed by atoms with E-state index in [1.807, 2.05) is 6.92 Å². The summed E-state index contributed by atoms with van der Waals surface area (Å²) in [6, 6.07) is 0. The Kier molecular flexibility index (Phi) is 3.97. The van der Waals surface area contributed by atoms with Crippen molar-refractivity contribution in [1.82, 2.24) is 0 Å². The van der Waals surface area contributed by atoms with E-state index in [9.17, 15) is 4.79 Å². The van der Waals surface area contributed by atoms with Crippen LogP contribution in [0.1, 0.15) is 59.8 Å². The van der Waals surface area contributed by atoms with Crippen molar-refractivity contribution in [2.24, 2.45) is 28.4 Å². The zero-order valence-electron chi connectivity index (χ0n) is 12.9. The molecule has 3 nitrogen and oxygen atoms in total. The zero-order valence-corrected chi connectivity index (χ0v) is 12.9. The molecule has 0 aromatic heterocycles. The first-order valence-electron chi connectivity index (χ1n) is 7.73. The van der Waals surface area contributed by atoms with E-state index in [2.05, 4.69) is 20.8 Å². The molecule has 0 spiro atoms. The fourth-order valence-electron chi connectivity index (χ4n) is 4.11. The summed E-state index contributed by atoms with van der Waals surface area (Å²) in [6.45, 7) is 9.60. The van der Waals surface area contributed by atoms with Crippen LogP contribution in [0.2, 0.25) is 0 Å². The Morgan fingerprint density at radius 1 is 1.42 bits per heavy atom. The van der Waals surface area contributed by atoms with E-state index in [1.54, 1.807) is 0 Å². The number of carbonyl (C=O) groups excluding carboxylic acids is 1. The van der Waals surface area contributed by atoms with Crippen LogP contribution in [0.4, 0.5) is 0 Å². The van der Waals surface area contributed by atoms with Crippen molar-refractivity contribution in [3.8, 4) is 0 Å². The molecule has 19 heavy (non-hydrogen) atoms. The Balaban J connectivity index is 1.96. The van der Waals surface area contributed by atoms with Gasteiger partial charge in [0.25, 0.3) is 0 Å². The number of ether oxygens (including phenoxy) is 1. The summed E-state index contributed by atoms with van der Waals surface area (Å²) in [7, 11) is 0. The van der Waals surface area contributed by atoms with E-state index >= 15 is 0 Å². The van der Waals surface area contributed by atoms with E-state index in [-0.39, 0.29) is 23.4 Å². The number of hydrogen-bond donors (Lipinski definition) is 1. The van der Waals surface area contributed by atoms with Gasteiger partial charge in [-0.05, 0) is 50.0 Å². The van der Waals surface area contributed by atoms with Gasteiger partial charge in [-0.15, -0.1) is 0 Å². The van der Waals surface area contributed by atoms with Crippen molar-refractivity contribution in [3.63, 3.8) is 0 Å². The Bertz CT molecular complexity index is 353. The van der Waals surface area contributed by atoms with E-state index in [0.717, 1.165) is 25.2 Å². The first-order valence-corrected chi connectivity index (χ1v) is 7.73. The molecule has 0 saturated heterocycles. The van der Waals surface area contributed by atoms with Gasteiger partial charge in [0.2, 0.25) is 0 Å². The zero-order chi connectivity index (χ0) is 14.3. The monoisotopic (exact) mass is 267 g/mol. The Morgan fingerprint density at radius 3 is 2.58 bits per heavy atom. The predicted octanol–water partition coefficient (Wildman–Crippen LogP) is 3.12. The van der Waals surface area contributed by atoms with Gasteiger partial charge in [0.15, 0.2) is 0 Å². The number of hydrogen-bond acceptors (Lipinski definition) is 3. The summed E-state index contributed by atoms with van der Waals surface area (Å²) >= 11 is 0. The van der Waals surface area contributed by atoms with Gasteiger partial charge in [0.05, 0.1) is 5.92 Å². The van der Waals surface area contributed by atoms with Crippen LogP contribution in [-0.4, -0.2) is 18.6 Å². The van der Waals surface area contributed by atoms with Crippen LogP contribution in [0.25, 0.3) is 0 Å². The maximum absolute atomic E-state index is 12.2. The second kappa shape index (κ2) is 5.08. The van der Waals surface area contributed by atoms with Crippen LogP contribution in [0.3, 0.4) is 0 Å². The molecule has 2 aliphatic rings. The molecule has 3 heteroatoms. The molecular formula is C16H29NO2. The lowest BCUT2D eigenvalue weighted by Gasteiger charge is -2.38. The molecule has 0 radical (unpaired) electrons. The van der Waals surface area contributed by atoms with Gasteiger partial charge in [-0.2, -0.15) is 0 Å². The average molecular weight is 267 g/mol. The molecule has 0 amide bonds. The molecule has 110 valence electrons. The highest BCUT2D eigenvalue weighted by molar-refractivity contribution is 5.72. The first kappa shape index (κ1) is 14.8. The van der Waals surface area contributed by atoms with Crippen LogP contribution < -0.4 is 5.73 Å². The summed E-state index contributed by atoms with van der Waals surface area (Å²) in [5.74, 6) is 0.673. The highest BCUT2D eigenvalue weighted by atomic mass is 16.5.